The zero-order chi connectivity index (χ0) is 13.1. The number of nitrogens with one attached hydrogen (secondary N) is 2. The van der Waals surface area contributed by atoms with Crippen molar-refractivity contribution in [3.05, 3.63) is 0 Å². The third-order valence-corrected chi connectivity index (χ3v) is 4.89. The third kappa shape index (κ3) is 5.12. The molecule has 0 saturated carbocycles. The van der Waals surface area contributed by atoms with Crippen LogP contribution in [0.25, 0.3) is 0 Å². The molecule has 1 saturated heterocycles. The first-order chi connectivity index (χ1) is 7.75. The van der Waals surface area contributed by atoms with Crippen LogP contribution in [0.4, 0.5) is 0 Å². The fraction of sp³-hybridized carbons (Fsp3) is 0.909. The van der Waals surface area contributed by atoms with Crippen molar-refractivity contribution < 1.29 is 13.2 Å². The number of carbonyl (C=O) groups is 1. The Balaban J connectivity index is 0.00000289. The molecule has 1 rings (SSSR count). The molecule has 2 N–H and O–H groups in total. The first-order valence-electron chi connectivity index (χ1n) is 5.92. The zero-order valence-corrected chi connectivity index (χ0v) is 12.8. The number of halogens is 1. The predicted octanol–water partition coefficient (Wildman–Crippen LogP) is 0.347. The van der Waals surface area contributed by atoms with E-state index in [0.717, 1.165) is 32.2 Å². The van der Waals surface area contributed by atoms with Gasteiger partial charge in [-0.1, -0.05) is 6.92 Å². The lowest BCUT2D eigenvalue weighted by Crippen LogP contribution is -2.48. The largest absolute Gasteiger partial charge is 0.354 e. The minimum atomic E-state index is -3.30. The summed E-state index contributed by atoms with van der Waals surface area (Å²) in [6.07, 6.45) is 3.22. The number of amides is 1. The van der Waals surface area contributed by atoms with Crippen LogP contribution in [0.1, 0.15) is 26.7 Å². The van der Waals surface area contributed by atoms with Crippen LogP contribution in [0, 0.1) is 5.41 Å². The van der Waals surface area contributed by atoms with Crippen LogP contribution in [0.3, 0.4) is 0 Å². The Morgan fingerprint density at radius 1 is 1.50 bits per heavy atom. The van der Waals surface area contributed by atoms with Crippen LogP contribution in [-0.4, -0.2) is 45.5 Å². The van der Waals surface area contributed by atoms with Gasteiger partial charge in [-0.25, -0.2) is 8.42 Å². The molecule has 5 nitrogen and oxygen atoms in total. The number of carbonyl (C=O) groups excluding carboxylic acids is 1. The van der Waals surface area contributed by atoms with E-state index >= 15 is 0 Å². The van der Waals surface area contributed by atoms with Crippen LogP contribution in [0.2, 0.25) is 0 Å². The van der Waals surface area contributed by atoms with Crippen LogP contribution in [0.15, 0.2) is 0 Å². The minimum absolute atomic E-state index is 0. The van der Waals surface area contributed by atoms with Crippen LogP contribution in [-0.2, 0) is 14.6 Å². The summed E-state index contributed by atoms with van der Waals surface area (Å²) in [5.41, 5.74) is 0.0329. The van der Waals surface area contributed by atoms with Crippen molar-refractivity contribution in [2.75, 3.05) is 25.9 Å². The Bertz CT molecular complexity index is 378. The maximum absolute atomic E-state index is 11.7. The number of piperidine rings is 1. The van der Waals surface area contributed by atoms with E-state index in [9.17, 15) is 13.2 Å². The smallest absolute Gasteiger partial charge is 0.238 e. The van der Waals surface area contributed by atoms with E-state index in [-0.39, 0.29) is 17.8 Å². The molecule has 1 aliphatic rings. The van der Waals surface area contributed by atoms with E-state index in [1.54, 1.807) is 0 Å². The molecule has 7 heteroatoms. The number of rotatable bonds is 4. The monoisotopic (exact) mass is 298 g/mol. The van der Waals surface area contributed by atoms with Crippen molar-refractivity contribution in [2.45, 2.75) is 31.9 Å². The van der Waals surface area contributed by atoms with Gasteiger partial charge in [0.25, 0.3) is 0 Å². The van der Waals surface area contributed by atoms with Crippen molar-refractivity contribution in [3.63, 3.8) is 0 Å². The van der Waals surface area contributed by atoms with Gasteiger partial charge in [0, 0.05) is 19.3 Å². The highest BCUT2D eigenvalue weighted by Crippen LogP contribution is 2.24. The van der Waals surface area contributed by atoms with Crippen LogP contribution in [0.5, 0.6) is 0 Å². The van der Waals surface area contributed by atoms with Gasteiger partial charge in [-0.15, -0.1) is 12.4 Å². The average Bonchev–Trinajstić information content (AvgIpc) is 2.25. The average molecular weight is 299 g/mol. The first kappa shape index (κ1) is 17.7. The van der Waals surface area contributed by atoms with E-state index in [4.69, 9.17) is 0 Å². The Kier molecular flexibility index (Phi) is 6.60. The van der Waals surface area contributed by atoms with Crippen molar-refractivity contribution in [1.82, 2.24) is 10.6 Å². The molecule has 0 aromatic carbocycles. The van der Waals surface area contributed by atoms with E-state index in [0.29, 0.717) is 6.54 Å². The molecular formula is C11H23ClN2O3S. The van der Waals surface area contributed by atoms with Crippen molar-refractivity contribution >= 4 is 28.2 Å². The lowest BCUT2D eigenvalue weighted by molar-refractivity contribution is -0.120. The van der Waals surface area contributed by atoms with Gasteiger partial charge in [-0.3, -0.25) is 4.79 Å². The van der Waals surface area contributed by atoms with Crippen molar-refractivity contribution in [2.24, 2.45) is 5.41 Å². The molecule has 2 unspecified atom stereocenters. The number of sulfone groups is 1. The van der Waals surface area contributed by atoms with Gasteiger partial charge in [0.05, 0.1) is 0 Å². The SMILES string of the molecule is CC(C(=O)NCC1(C)CCCNC1)S(C)(=O)=O.Cl. The van der Waals surface area contributed by atoms with E-state index in [1.165, 1.54) is 6.92 Å². The van der Waals surface area contributed by atoms with Gasteiger partial charge in [0.15, 0.2) is 9.84 Å². The third-order valence-electron chi connectivity index (χ3n) is 3.39. The molecule has 1 aliphatic heterocycles. The highest BCUT2D eigenvalue weighted by Gasteiger charge is 2.29. The Hall–Kier alpha value is -0.330. The molecule has 108 valence electrons. The summed E-state index contributed by atoms with van der Waals surface area (Å²) in [5.74, 6) is -0.403. The van der Waals surface area contributed by atoms with E-state index in [2.05, 4.69) is 17.6 Å². The zero-order valence-electron chi connectivity index (χ0n) is 11.2. The summed E-state index contributed by atoms with van der Waals surface area (Å²) in [5, 5.41) is 5.06. The quantitative estimate of drug-likeness (QED) is 0.785. The van der Waals surface area contributed by atoms with Crippen molar-refractivity contribution in [3.8, 4) is 0 Å². The Labute approximate surface area is 115 Å². The molecule has 0 aromatic heterocycles. The normalized spacial score (nSPS) is 25.9. The maximum Gasteiger partial charge on any atom is 0.238 e. The summed E-state index contributed by atoms with van der Waals surface area (Å²) in [4.78, 5) is 11.7. The number of hydrogen-bond acceptors (Lipinski definition) is 4. The molecule has 1 heterocycles. The second-order valence-corrected chi connectivity index (χ2v) is 7.65. The van der Waals surface area contributed by atoms with E-state index < -0.39 is 21.0 Å². The highest BCUT2D eigenvalue weighted by atomic mass is 35.5. The summed E-state index contributed by atoms with van der Waals surface area (Å²) in [6, 6.07) is 0. The van der Waals surface area contributed by atoms with Gasteiger partial charge in [-0.05, 0) is 31.7 Å². The second kappa shape index (κ2) is 6.73. The molecule has 0 spiro atoms. The second-order valence-electron chi connectivity index (χ2n) is 5.28. The molecule has 1 fully saturated rings. The highest BCUT2D eigenvalue weighted by molar-refractivity contribution is 7.92. The standard InChI is InChI=1S/C11H22N2O3S.ClH/c1-9(17(3,15)16)10(14)13-8-11(2)5-4-6-12-7-11;/h9,12H,4-8H2,1-3H3,(H,13,14);1H. The number of hydrogen-bond donors (Lipinski definition) is 2. The lowest BCUT2D eigenvalue weighted by atomic mass is 9.83. The van der Waals surface area contributed by atoms with Crippen LogP contribution < -0.4 is 10.6 Å². The molecule has 0 radical (unpaired) electrons. The fourth-order valence-corrected chi connectivity index (χ4v) is 2.38. The van der Waals surface area contributed by atoms with Crippen molar-refractivity contribution in [1.29, 1.82) is 0 Å². The van der Waals surface area contributed by atoms with Gasteiger partial charge in [-0.2, -0.15) is 0 Å². The Morgan fingerprint density at radius 3 is 2.56 bits per heavy atom. The Morgan fingerprint density at radius 2 is 2.11 bits per heavy atom. The predicted molar refractivity (Wildman–Crippen MR) is 74.8 cm³/mol. The minimum Gasteiger partial charge on any atom is -0.354 e. The van der Waals surface area contributed by atoms with Gasteiger partial charge < -0.3 is 10.6 Å². The lowest BCUT2D eigenvalue weighted by Gasteiger charge is -2.34. The van der Waals surface area contributed by atoms with E-state index in [1.807, 2.05) is 0 Å². The summed E-state index contributed by atoms with van der Waals surface area (Å²) >= 11 is 0. The molecular weight excluding hydrogens is 276 g/mol. The summed E-state index contributed by atoms with van der Waals surface area (Å²) in [7, 11) is -3.30. The summed E-state index contributed by atoms with van der Waals surface area (Å²) < 4.78 is 22.5. The molecule has 1 amide bonds. The molecule has 0 aliphatic carbocycles. The first-order valence-corrected chi connectivity index (χ1v) is 7.87. The molecule has 18 heavy (non-hydrogen) atoms. The fourth-order valence-electron chi connectivity index (χ4n) is 1.91. The van der Waals surface area contributed by atoms with Gasteiger partial charge in [0.1, 0.15) is 5.25 Å². The molecule has 0 aromatic rings. The van der Waals surface area contributed by atoms with Gasteiger partial charge >= 0.3 is 0 Å². The molecule has 0 bridgehead atoms. The topological polar surface area (TPSA) is 75.3 Å². The maximum atomic E-state index is 11.7. The van der Waals surface area contributed by atoms with Crippen LogP contribution >= 0.6 is 12.4 Å². The summed E-state index contributed by atoms with van der Waals surface area (Å²) in [6.45, 7) is 5.93. The van der Waals surface area contributed by atoms with Gasteiger partial charge in [0.2, 0.25) is 5.91 Å². The molecule has 2 atom stereocenters.